The van der Waals surface area contributed by atoms with Crippen LogP contribution >= 0.6 is 11.6 Å². The maximum absolute atomic E-state index is 6.44. The Labute approximate surface area is 132 Å². The first kappa shape index (κ1) is 15.9. The van der Waals surface area contributed by atoms with E-state index in [0.29, 0.717) is 0 Å². The summed E-state index contributed by atoms with van der Waals surface area (Å²) in [7, 11) is 2.07. The minimum absolute atomic E-state index is 0.785. The highest BCUT2D eigenvalue weighted by Crippen LogP contribution is 2.34. The van der Waals surface area contributed by atoms with Gasteiger partial charge < -0.3 is 10.2 Å². The summed E-state index contributed by atoms with van der Waals surface area (Å²) in [6.07, 6.45) is 1.06. The van der Waals surface area contributed by atoms with Crippen LogP contribution < -0.4 is 10.2 Å². The molecule has 0 heterocycles. The lowest BCUT2D eigenvalue weighted by Crippen LogP contribution is -2.17. The summed E-state index contributed by atoms with van der Waals surface area (Å²) >= 11 is 6.44. The van der Waals surface area contributed by atoms with Gasteiger partial charge in [0.15, 0.2) is 0 Å². The van der Waals surface area contributed by atoms with Crippen molar-refractivity contribution in [1.29, 1.82) is 0 Å². The zero-order valence-corrected chi connectivity index (χ0v) is 13.7. The van der Waals surface area contributed by atoms with Crippen molar-refractivity contribution >= 4 is 23.0 Å². The summed E-state index contributed by atoms with van der Waals surface area (Å²) in [6.45, 7) is 6.04. The molecule has 0 saturated carbocycles. The van der Waals surface area contributed by atoms with Gasteiger partial charge in [-0.05, 0) is 42.3 Å². The summed E-state index contributed by atoms with van der Waals surface area (Å²) < 4.78 is 0. The van der Waals surface area contributed by atoms with Crippen LogP contribution in [0.15, 0.2) is 42.5 Å². The van der Waals surface area contributed by atoms with Gasteiger partial charge in [0.2, 0.25) is 0 Å². The van der Waals surface area contributed by atoms with Gasteiger partial charge >= 0.3 is 0 Å². The van der Waals surface area contributed by atoms with Gasteiger partial charge in [-0.1, -0.05) is 49.7 Å². The van der Waals surface area contributed by atoms with E-state index in [1.165, 1.54) is 11.1 Å². The Hall–Kier alpha value is -1.51. The van der Waals surface area contributed by atoms with E-state index in [4.69, 9.17) is 11.6 Å². The Kier molecular flexibility index (Phi) is 5.66. The maximum atomic E-state index is 6.44. The fraction of sp³-hybridized carbons (Fsp3) is 0.333. The number of aryl methyl sites for hydroxylation is 1. The second-order valence-electron chi connectivity index (χ2n) is 5.11. The molecule has 0 saturated heterocycles. The highest BCUT2D eigenvalue weighted by atomic mass is 35.5. The Balaban J connectivity index is 2.34. The third-order valence-electron chi connectivity index (χ3n) is 3.70. The monoisotopic (exact) mass is 302 g/mol. The number of nitrogens with zero attached hydrogens (tertiary/aromatic N) is 1. The lowest BCUT2D eigenvalue weighted by molar-refractivity contribution is 0.726. The smallest absolute Gasteiger partial charge is 0.0646 e. The first-order valence-corrected chi connectivity index (χ1v) is 7.86. The zero-order valence-electron chi connectivity index (χ0n) is 13.0. The van der Waals surface area contributed by atoms with Gasteiger partial charge in [-0.2, -0.15) is 0 Å². The standard InChI is InChI=1S/C18H23ClN2/c1-4-14-9-11-16(12-10-14)21(3)18-15(13-20-5-2)7-6-8-17(18)19/h6-12,20H,4-5,13H2,1-3H3. The molecule has 0 radical (unpaired) electrons. The molecule has 0 aromatic heterocycles. The van der Waals surface area contributed by atoms with Gasteiger partial charge in [-0.15, -0.1) is 0 Å². The number of halogens is 1. The lowest BCUT2D eigenvalue weighted by atomic mass is 10.1. The van der Waals surface area contributed by atoms with Crippen LogP contribution in [-0.4, -0.2) is 13.6 Å². The molecule has 0 fully saturated rings. The van der Waals surface area contributed by atoms with E-state index in [-0.39, 0.29) is 0 Å². The van der Waals surface area contributed by atoms with Crippen molar-refractivity contribution in [3.63, 3.8) is 0 Å². The molecule has 3 heteroatoms. The molecule has 0 aliphatic carbocycles. The van der Waals surface area contributed by atoms with Crippen LogP contribution in [0.2, 0.25) is 5.02 Å². The maximum Gasteiger partial charge on any atom is 0.0646 e. The molecular formula is C18H23ClN2. The Morgan fingerprint density at radius 2 is 1.76 bits per heavy atom. The van der Waals surface area contributed by atoms with Crippen molar-refractivity contribution in [2.24, 2.45) is 0 Å². The van der Waals surface area contributed by atoms with Crippen LogP contribution in [0.5, 0.6) is 0 Å². The van der Waals surface area contributed by atoms with E-state index in [1.807, 2.05) is 12.1 Å². The molecule has 1 N–H and O–H groups in total. The minimum Gasteiger partial charge on any atom is -0.343 e. The molecule has 2 nitrogen and oxygen atoms in total. The van der Waals surface area contributed by atoms with Gasteiger partial charge in [0, 0.05) is 19.3 Å². The van der Waals surface area contributed by atoms with Crippen molar-refractivity contribution < 1.29 is 0 Å². The Morgan fingerprint density at radius 3 is 2.38 bits per heavy atom. The fourth-order valence-electron chi connectivity index (χ4n) is 2.42. The molecule has 0 bridgehead atoms. The summed E-state index contributed by atoms with van der Waals surface area (Å²) in [5.74, 6) is 0. The molecule has 0 amide bonds. The van der Waals surface area contributed by atoms with E-state index < -0.39 is 0 Å². The second kappa shape index (κ2) is 7.48. The molecule has 112 valence electrons. The fourth-order valence-corrected chi connectivity index (χ4v) is 2.74. The normalized spacial score (nSPS) is 10.7. The predicted octanol–water partition coefficient (Wildman–Crippen LogP) is 4.78. The molecule has 0 spiro atoms. The molecule has 2 rings (SSSR count). The number of rotatable bonds is 6. The van der Waals surface area contributed by atoms with Crippen LogP contribution in [0.25, 0.3) is 0 Å². The first-order valence-electron chi connectivity index (χ1n) is 7.48. The van der Waals surface area contributed by atoms with E-state index in [2.05, 4.69) is 61.4 Å². The second-order valence-corrected chi connectivity index (χ2v) is 5.51. The zero-order chi connectivity index (χ0) is 15.2. The molecular weight excluding hydrogens is 280 g/mol. The number of anilines is 2. The van der Waals surface area contributed by atoms with E-state index in [0.717, 1.165) is 35.9 Å². The number of para-hydroxylation sites is 1. The van der Waals surface area contributed by atoms with Crippen molar-refractivity contribution in [3.8, 4) is 0 Å². The Bertz CT molecular complexity index is 578. The van der Waals surface area contributed by atoms with Crippen molar-refractivity contribution in [3.05, 3.63) is 58.6 Å². The first-order chi connectivity index (χ1) is 10.2. The van der Waals surface area contributed by atoms with E-state index in [1.54, 1.807) is 0 Å². The molecule has 0 aliphatic rings. The molecule has 0 unspecified atom stereocenters. The molecule has 2 aromatic rings. The summed E-state index contributed by atoms with van der Waals surface area (Å²) in [4.78, 5) is 2.16. The molecule has 21 heavy (non-hydrogen) atoms. The summed E-state index contributed by atoms with van der Waals surface area (Å²) in [6, 6.07) is 14.7. The van der Waals surface area contributed by atoms with Crippen molar-refractivity contribution in [2.75, 3.05) is 18.5 Å². The van der Waals surface area contributed by atoms with Crippen LogP contribution in [0.1, 0.15) is 25.0 Å². The SMILES string of the molecule is CCNCc1cccc(Cl)c1N(C)c1ccc(CC)cc1. The van der Waals surface area contributed by atoms with Crippen LogP contribution in [0.3, 0.4) is 0 Å². The summed E-state index contributed by atoms with van der Waals surface area (Å²) in [5, 5.41) is 4.16. The van der Waals surface area contributed by atoms with Gasteiger partial charge in [-0.25, -0.2) is 0 Å². The predicted molar refractivity (Wildman–Crippen MR) is 92.7 cm³/mol. The van der Waals surface area contributed by atoms with Gasteiger partial charge in [0.05, 0.1) is 10.7 Å². The lowest BCUT2D eigenvalue weighted by Gasteiger charge is -2.24. The average molecular weight is 303 g/mol. The number of benzene rings is 2. The van der Waals surface area contributed by atoms with Crippen LogP contribution in [0, 0.1) is 0 Å². The van der Waals surface area contributed by atoms with Gasteiger partial charge in [-0.3, -0.25) is 0 Å². The third kappa shape index (κ3) is 3.78. The van der Waals surface area contributed by atoms with E-state index in [9.17, 15) is 0 Å². The van der Waals surface area contributed by atoms with Crippen molar-refractivity contribution in [2.45, 2.75) is 26.8 Å². The molecule has 0 aliphatic heterocycles. The largest absolute Gasteiger partial charge is 0.343 e. The minimum atomic E-state index is 0.785. The highest BCUT2D eigenvalue weighted by Gasteiger charge is 2.13. The van der Waals surface area contributed by atoms with Crippen LogP contribution in [0.4, 0.5) is 11.4 Å². The number of hydrogen-bond acceptors (Lipinski definition) is 2. The summed E-state index contributed by atoms with van der Waals surface area (Å²) in [5.41, 5.74) is 4.79. The van der Waals surface area contributed by atoms with Crippen molar-refractivity contribution in [1.82, 2.24) is 5.32 Å². The molecule has 2 aromatic carbocycles. The van der Waals surface area contributed by atoms with Gasteiger partial charge in [0.1, 0.15) is 0 Å². The van der Waals surface area contributed by atoms with Crippen LogP contribution in [-0.2, 0) is 13.0 Å². The topological polar surface area (TPSA) is 15.3 Å². The number of nitrogens with one attached hydrogen (secondary N) is 1. The van der Waals surface area contributed by atoms with Gasteiger partial charge in [0.25, 0.3) is 0 Å². The quantitative estimate of drug-likeness (QED) is 0.826. The van der Waals surface area contributed by atoms with E-state index >= 15 is 0 Å². The third-order valence-corrected chi connectivity index (χ3v) is 4.01. The average Bonchev–Trinajstić information content (AvgIpc) is 2.52. The number of hydrogen-bond donors (Lipinski definition) is 1. The highest BCUT2D eigenvalue weighted by molar-refractivity contribution is 6.33. The Morgan fingerprint density at radius 1 is 1.05 bits per heavy atom. The molecule has 0 atom stereocenters.